The number of halogens is 4. The fourth-order valence-corrected chi connectivity index (χ4v) is 2.79. The first kappa shape index (κ1) is 21.3. The molecule has 2 heterocycles. The number of imidazole rings is 1. The first-order valence-corrected chi connectivity index (χ1v) is 7.50. The van der Waals surface area contributed by atoms with Gasteiger partial charge in [0.05, 0.1) is 6.54 Å². The highest BCUT2D eigenvalue weighted by Crippen LogP contribution is 2.15. The number of nitrogens with zero attached hydrogens (tertiary/aromatic N) is 3. The van der Waals surface area contributed by atoms with Gasteiger partial charge in [0.15, 0.2) is 0 Å². The second-order valence-electron chi connectivity index (χ2n) is 5.76. The second-order valence-corrected chi connectivity index (χ2v) is 5.76. The van der Waals surface area contributed by atoms with E-state index in [-0.39, 0.29) is 49.1 Å². The molecule has 138 valence electrons. The lowest BCUT2D eigenvalue weighted by Crippen LogP contribution is -2.41. The van der Waals surface area contributed by atoms with Gasteiger partial charge >= 0.3 is 0 Å². The van der Waals surface area contributed by atoms with Crippen molar-refractivity contribution in [3.8, 4) is 0 Å². The molecule has 0 bridgehead atoms. The Bertz CT molecular complexity index is 726. The molecule has 0 spiro atoms. The zero-order chi connectivity index (χ0) is 16.4. The Hall–Kier alpha value is -1.70. The van der Waals surface area contributed by atoms with E-state index in [4.69, 9.17) is 5.73 Å². The zero-order valence-electron chi connectivity index (χ0n) is 13.4. The van der Waals surface area contributed by atoms with Crippen LogP contribution in [0.3, 0.4) is 0 Å². The van der Waals surface area contributed by atoms with Gasteiger partial charge in [-0.15, -0.1) is 24.8 Å². The Kier molecular flexibility index (Phi) is 7.79. The summed E-state index contributed by atoms with van der Waals surface area (Å²) in [5.74, 6) is -0.269. The van der Waals surface area contributed by atoms with Gasteiger partial charge in [0, 0.05) is 37.9 Å². The molecule has 1 atom stereocenters. The van der Waals surface area contributed by atoms with Crippen molar-refractivity contribution in [2.45, 2.75) is 32.0 Å². The van der Waals surface area contributed by atoms with Gasteiger partial charge in [-0.2, -0.15) is 0 Å². The van der Waals surface area contributed by atoms with Gasteiger partial charge in [0.25, 0.3) is 0 Å². The molecule has 1 amide bonds. The minimum Gasteiger partial charge on any atom is -0.333 e. The summed E-state index contributed by atoms with van der Waals surface area (Å²) in [6, 6.07) is 2.70. The number of carbonyl (C=O) groups is 1. The number of rotatable bonds is 4. The van der Waals surface area contributed by atoms with Crippen LogP contribution in [0.2, 0.25) is 0 Å². The standard InChI is InChI=1S/C16H18F2N4O.2ClH/c17-12-1-2-14(18)11(7-12)8-13(19)9-16(23)22-6-5-21-4-3-20-15(21)10-22;;/h1-4,7,13H,5-6,8-10,19H2;2*1H/t13-;;/m1../s1. The second kappa shape index (κ2) is 9.12. The van der Waals surface area contributed by atoms with Crippen molar-refractivity contribution < 1.29 is 13.6 Å². The molecule has 1 aromatic carbocycles. The molecule has 3 rings (SSSR count). The molecule has 5 nitrogen and oxygen atoms in total. The largest absolute Gasteiger partial charge is 0.333 e. The Balaban J connectivity index is 0.00000156. The zero-order valence-corrected chi connectivity index (χ0v) is 15.0. The smallest absolute Gasteiger partial charge is 0.224 e. The average molecular weight is 393 g/mol. The van der Waals surface area contributed by atoms with E-state index in [1.165, 1.54) is 0 Å². The molecule has 1 aliphatic rings. The van der Waals surface area contributed by atoms with Crippen molar-refractivity contribution in [1.29, 1.82) is 0 Å². The monoisotopic (exact) mass is 392 g/mol. The van der Waals surface area contributed by atoms with Crippen LogP contribution in [0.25, 0.3) is 0 Å². The predicted molar refractivity (Wildman–Crippen MR) is 94.8 cm³/mol. The normalized spacial score (nSPS) is 14.1. The van der Waals surface area contributed by atoms with Gasteiger partial charge in [-0.25, -0.2) is 13.8 Å². The van der Waals surface area contributed by atoms with Gasteiger partial charge < -0.3 is 15.2 Å². The molecule has 25 heavy (non-hydrogen) atoms. The third-order valence-electron chi connectivity index (χ3n) is 4.02. The Labute approximate surface area is 157 Å². The highest BCUT2D eigenvalue weighted by Gasteiger charge is 2.23. The van der Waals surface area contributed by atoms with Crippen LogP contribution in [0.1, 0.15) is 17.8 Å². The number of fused-ring (bicyclic) bond motifs is 1. The van der Waals surface area contributed by atoms with Crippen LogP contribution in [0.15, 0.2) is 30.6 Å². The summed E-state index contributed by atoms with van der Waals surface area (Å²) < 4.78 is 28.8. The molecule has 0 unspecified atom stereocenters. The van der Waals surface area contributed by atoms with E-state index in [0.717, 1.165) is 24.0 Å². The number of hydrogen-bond acceptors (Lipinski definition) is 3. The summed E-state index contributed by atoms with van der Waals surface area (Å²) in [4.78, 5) is 18.2. The summed E-state index contributed by atoms with van der Waals surface area (Å²) in [6.45, 7) is 1.75. The number of nitrogens with two attached hydrogens (primary N) is 1. The topological polar surface area (TPSA) is 64.2 Å². The van der Waals surface area contributed by atoms with Crippen molar-refractivity contribution in [2.75, 3.05) is 6.54 Å². The first-order valence-electron chi connectivity index (χ1n) is 7.50. The average Bonchev–Trinajstić information content (AvgIpc) is 2.98. The lowest BCUT2D eigenvalue weighted by Gasteiger charge is -2.28. The van der Waals surface area contributed by atoms with Crippen molar-refractivity contribution in [3.05, 3.63) is 53.6 Å². The predicted octanol–water partition coefficient (Wildman–Crippen LogP) is 2.31. The third-order valence-corrected chi connectivity index (χ3v) is 4.02. The Morgan fingerprint density at radius 2 is 2.04 bits per heavy atom. The maximum absolute atomic E-state index is 13.6. The quantitative estimate of drug-likeness (QED) is 0.867. The van der Waals surface area contributed by atoms with Crippen molar-refractivity contribution in [2.24, 2.45) is 5.73 Å². The molecular formula is C16H20Cl2F2N4O. The van der Waals surface area contributed by atoms with Gasteiger partial charge in [-0.05, 0) is 30.2 Å². The number of hydrogen-bond donors (Lipinski definition) is 1. The van der Waals surface area contributed by atoms with Crippen LogP contribution in [0.5, 0.6) is 0 Å². The molecule has 0 radical (unpaired) electrons. The molecule has 0 saturated carbocycles. The van der Waals surface area contributed by atoms with E-state index >= 15 is 0 Å². The lowest BCUT2D eigenvalue weighted by atomic mass is 10.0. The maximum Gasteiger partial charge on any atom is 0.224 e. The van der Waals surface area contributed by atoms with Gasteiger partial charge in [0.2, 0.25) is 5.91 Å². The minimum atomic E-state index is -0.555. The molecule has 9 heteroatoms. The highest BCUT2D eigenvalue weighted by molar-refractivity contribution is 5.85. The molecule has 1 aliphatic heterocycles. The summed E-state index contributed by atoms with van der Waals surface area (Å²) in [7, 11) is 0. The number of benzene rings is 1. The Morgan fingerprint density at radius 3 is 2.80 bits per heavy atom. The van der Waals surface area contributed by atoms with Gasteiger partial charge in [-0.1, -0.05) is 0 Å². The Morgan fingerprint density at radius 1 is 1.28 bits per heavy atom. The van der Waals surface area contributed by atoms with E-state index in [1.807, 2.05) is 10.8 Å². The first-order chi connectivity index (χ1) is 11.0. The number of carbonyl (C=O) groups excluding carboxylic acids is 1. The van der Waals surface area contributed by atoms with E-state index in [1.54, 1.807) is 11.1 Å². The third kappa shape index (κ3) is 5.14. The molecular weight excluding hydrogens is 373 g/mol. The van der Waals surface area contributed by atoms with Crippen LogP contribution in [-0.2, 0) is 24.3 Å². The lowest BCUT2D eigenvalue weighted by molar-refractivity contribution is -0.133. The number of aromatic nitrogens is 2. The van der Waals surface area contributed by atoms with Crippen LogP contribution < -0.4 is 5.73 Å². The fourth-order valence-electron chi connectivity index (χ4n) is 2.79. The summed E-state index contributed by atoms with van der Waals surface area (Å²) >= 11 is 0. The van der Waals surface area contributed by atoms with E-state index < -0.39 is 17.7 Å². The van der Waals surface area contributed by atoms with Crippen LogP contribution in [0.4, 0.5) is 8.78 Å². The van der Waals surface area contributed by atoms with E-state index in [0.29, 0.717) is 19.6 Å². The highest BCUT2D eigenvalue weighted by atomic mass is 35.5. The van der Waals surface area contributed by atoms with E-state index in [2.05, 4.69) is 4.98 Å². The van der Waals surface area contributed by atoms with Crippen molar-refractivity contribution >= 4 is 30.7 Å². The fraction of sp³-hybridized carbons (Fsp3) is 0.375. The molecule has 0 aliphatic carbocycles. The SMILES string of the molecule is Cl.Cl.N[C@@H](CC(=O)N1CCn2ccnc2C1)Cc1cc(F)ccc1F. The minimum absolute atomic E-state index is 0. The van der Waals surface area contributed by atoms with Crippen LogP contribution in [-0.4, -0.2) is 32.9 Å². The van der Waals surface area contributed by atoms with Crippen LogP contribution >= 0.6 is 24.8 Å². The van der Waals surface area contributed by atoms with E-state index in [9.17, 15) is 13.6 Å². The van der Waals surface area contributed by atoms with Gasteiger partial charge in [-0.3, -0.25) is 4.79 Å². The molecule has 2 N–H and O–H groups in total. The van der Waals surface area contributed by atoms with Crippen molar-refractivity contribution in [1.82, 2.24) is 14.5 Å². The number of amides is 1. The molecule has 2 aromatic rings. The van der Waals surface area contributed by atoms with Crippen molar-refractivity contribution in [3.63, 3.8) is 0 Å². The van der Waals surface area contributed by atoms with Gasteiger partial charge in [0.1, 0.15) is 17.5 Å². The molecule has 0 saturated heterocycles. The molecule has 1 aromatic heterocycles. The summed E-state index contributed by atoms with van der Waals surface area (Å²) in [5.41, 5.74) is 6.14. The molecule has 0 fully saturated rings. The van der Waals surface area contributed by atoms with Crippen LogP contribution in [0, 0.1) is 11.6 Å². The maximum atomic E-state index is 13.6. The summed E-state index contributed by atoms with van der Waals surface area (Å²) in [6.07, 6.45) is 3.81. The summed E-state index contributed by atoms with van der Waals surface area (Å²) in [5, 5.41) is 0.